The average Bonchev–Trinajstić information content (AvgIpc) is 2.18. The van der Waals surface area contributed by atoms with E-state index in [1.54, 1.807) is 0 Å². The lowest BCUT2D eigenvalue weighted by Crippen LogP contribution is -2.51. The van der Waals surface area contributed by atoms with Crippen LogP contribution in [0.1, 0.15) is 46.5 Å². The van der Waals surface area contributed by atoms with Gasteiger partial charge in [0.05, 0.1) is 13.2 Å². The van der Waals surface area contributed by atoms with Crippen LogP contribution in [0.15, 0.2) is 0 Å². The van der Waals surface area contributed by atoms with Crippen molar-refractivity contribution in [2.75, 3.05) is 19.8 Å². The number of rotatable bonds is 5. The first-order chi connectivity index (χ1) is 7.08. The molecule has 86 valence electrons. The number of hydrogen-bond acceptors (Lipinski definition) is 2. The minimum atomic E-state index is 0.268. The Kier molecular flexibility index (Phi) is 5.14. The molecule has 1 aliphatic rings. The maximum absolute atomic E-state index is 6.02. The van der Waals surface area contributed by atoms with Crippen molar-refractivity contribution < 1.29 is 4.74 Å². The molecule has 0 saturated carbocycles. The van der Waals surface area contributed by atoms with Gasteiger partial charge >= 0.3 is 0 Å². The molecule has 0 aliphatic carbocycles. The van der Waals surface area contributed by atoms with Crippen LogP contribution in [0.4, 0.5) is 0 Å². The molecule has 0 spiro atoms. The number of nitrogens with zero attached hydrogens (tertiary/aromatic N) is 1. The molecule has 2 nitrogen and oxygen atoms in total. The topological polar surface area (TPSA) is 12.5 Å². The standard InChI is InChI=1S/C12H24BNO/c1-4-5-6-7-12(2,3)11-10-15-9-8-14(11)13/h11H,4-10H2,1-3H3. The highest BCUT2D eigenvalue weighted by Crippen LogP contribution is 2.32. The molecule has 1 fully saturated rings. The summed E-state index contributed by atoms with van der Waals surface area (Å²) in [6, 6.07) is 0.378. The lowest BCUT2D eigenvalue weighted by atomic mass is 9.77. The van der Waals surface area contributed by atoms with Crippen LogP contribution in [-0.2, 0) is 4.74 Å². The maximum atomic E-state index is 6.02. The molecular formula is C12H24BNO. The monoisotopic (exact) mass is 209 g/mol. The number of ether oxygens (including phenoxy) is 1. The Balaban J connectivity index is 2.43. The number of unbranched alkanes of at least 4 members (excludes halogenated alkanes) is 2. The van der Waals surface area contributed by atoms with E-state index in [1.165, 1.54) is 25.7 Å². The van der Waals surface area contributed by atoms with Crippen LogP contribution in [0, 0.1) is 5.41 Å². The molecule has 1 atom stereocenters. The molecule has 1 heterocycles. The Labute approximate surface area is 95.8 Å². The average molecular weight is 209 g/mol. The quantitative estimate of drug-likeness (QED) is 0.509. The zero-order valence-corrected chi connectivity index (χ0v) is 10.5. The highest BCUT2D eigenvalue weighted by molar-refractivity contribution is 6.04. The van der Waals surface area contributed by atoms with Crippen molar-refractivity contribution in [3.05, 3.63) is 0 Å². The highest BCUT2D eigenvalue weighted by Gasteiger charge is 2.33. The molecule has 0 aromatic carbocycles. The summed E-state index contributed by atoms with van der Waals surface area (Å²) in [6.45, 7) is 9.28. The summed E-state index contributed by atoms with van der Waals surface area (Å²) >= 11 is 0. The molecule has 15 heavy (non-hydrogen) atoms. The maximum Gasteiger partial charge on any atom is 0.183 e. The van der Waals surface area contributed by atoms with Crippen molar-refractivity contribution in [3.8, 4) is 0 Å². The molecule has 1 unspecified atom stereocenters. The smallest absolute Gasteiger partial charge is 0.183 e. The zero-order chi connectivity index (χ0) is 11.3. The SMILES string of the molecule is [B]N1CCOCC1C(C)(C)CCCCC. The Morgan fingerprint density at radius 1 is 1.40 bits per heavy atom. The Hall–Kier alpha value is -0.0151. The second kappa shape index (κ2) is 5.90. The predicted octanol–water partition coefficient (Wildman–Crippen LogP) is 2.38. The van der Waals surface area contributed by atoms with E-state index in [-0.39, 0.29) is 5.41 Å². The predicted molar refractivity (Wildman–Crippen MR) is 65.0 cm³/mol. The van der Waals surface area contributed by atoms with E-state index in [0.717, 1.165) is 19.8 Å². The van der Waals surface area contributed by atoms with Crippen LogP contribution >= 0.6 is 0 Å². The van der Waals surface area contributed by atoms with Gasteiger partial charge in [-0.2, -0.15) is 0 Å². The van der Waals surface area contributed by atoms with Gasteiger partial charge in [0.2, 0.25) is 0 Å². The highest BCUT2D eigenvalue weighted by atomic mass is 16.5. The molecular weight excluding hydrogens is 185 g/mol. The first-order valence-corrected chi connectivity index (χ1v) is 6.17. The summed E-state index contributed by atoms with van der Waals surface area (Å²) in [5.41, 5.74) is 0.268. The fraction of sp³-hybridized carbons (Fsp3) is 1.00. The molecule has 0 aromatic heterocycles. The molecule has 0 aromatic rings. The van der Waals surface area contributed by atoms with E-state index in [1.807, 2.05) is 4.81 Å². The van der Waals surface area contributed by atoms with E-state index >= 15 is 0 Å². The van der Waals surface area contributed by atoms with Crippen LogP contribution in [0.3, 0.4) is 0 Å². The van der Waals surface area contributed by atoms with Gasteiger partial charge in [-0.3, -0.25) is 0 Å². The summed E-state index contributed by atoms with van der Waals surface area (Å²) in [4.78, 5) is 1.97. The summed E-state index contributed by atoms with van der Waals surface area (Å²) in [6.07, 6.45) is 5.14. The molecule has 0 amide bonds. The van der Waals surface area contributed by atoms with Crippen molar-refractivity contribution in [2.45, 2.75) is 52.5 Å². The normalized spacial score (nSPS) is 24.3. The van der Waals surface area contributed by atoms with Crippen LogP contribution in [0.25, 0.3) is 0 Å². The first-order valence-electron chi connectivity index (χ1n) is 6.17. The lowest BCUT2D eigenvalue weighted by Gasteiger charge is -2.43. The number of hydrogen-bond donors (Lipinski definition) is 0. The van der Waals surface area contributed by atoms with E-state index in [0.29, 0.717) is 6.04 Å². The minimum absolute atomic E-state index is 0.268. The van der Waals surface area contributed by atoms with E-state index in [2.05, 4.69) is 20.8 Å². The van der Waals surface area contributed by atoms with Gasteiger partial charge in [-0.1, -0.05) is 40.0 Å². The third-order valence-electron chi connectivity index (χ3n) is 3.50. The Morgan fingerprint density at radius 2 is 2.13 bits per heavy atom. The molecule has 0 bridgehead atoms. The first kappa shape index (κ1) is 13.1. The van der Waals surface area contributed by atoms with Crippen LogP contribution in [-0.4, -0.2) is 38.6 Å². The van der Waals surface area contributed by atoms with Gasteiger partial charge in [-0.25, -0.2) is 0 Å². The minimum Gasteiger partial charge on any atom is -0.379 e. The molecule has 1 aliphatic heterocycles. The van der Waals surface area contributed by atoms with Crippen molar-refractivity contribution in [1.82, 2.24) is 4.81 Å². The molecule has 2 radical (unpaired) electrons. The lowest BCUT2D eigenvalue weighted by molar-refractivity contribution is -0.0168. The van der Waals surface area contributed by atoms with Crippen LogP contribution in [0.2, 0.25) is 0 Å². The van der Waals surface area contributed by atoms with Gasteiger partial charge < -0.3 is 9.55 Å². The summed E-state index contributed by atoms with van der Waals surface area (Å²) in [5.74, 6) is 0. The fourth-order valence-corrected chi connectivity index (χ4v) is 2.29. The third kappa shape index (κ3) is 3.80. The molecule has 1 saturated heterocycles. The van der Waals surface area contributed by atoms with Crippen molar-refractivity contribution in [1.29, 1.82) is 0 Å². The van der Waals surface area contributed by atoms with Gasteiger partial charge in [-0.15, -0.1) is 0 Å². The van der Waals surface area contributed by atoms with Crippen molar-refractivity contribution >= 4 is 7.98 Å². The largest absolute Gasteiger partial charge is 0.379 e. The second-order valence-corrected chi connectivity index (χ2v) is 5.27. The van der Waals surface area contributed by atoms with Gasteiger partial charge in [0.25, 0.3) is 0 Å². The van der Waals surface area contributed by atoms with Gasteiger partial charge in [0.1, 0.15) is 0 Å². The van der Waals surface area contributed by atoms with E-state index in [4.69, 9.17) is 12.7 Å². The molecule has 0 N–H and O–H groups in total. The Bertz CT molecular complexity index is 184. The van der Waals surface area contributed by atoms with Crippen molar-refractivity contribution in [2.24, 2.45) is 5.41 Å². The third-order valence-corrected chi connectivity index (χ3v) is 3.50. The Morgan fingerprint density at radius 3 is 2.73 bits per heavy atom. The van der Waals surface area contributed by atoms with Crippen LogP contribution < -0.4 is 0 Å². The summed E-state index contributed by atoms with van der Waals surface area (Å²) < 4.78 is 5.52. The summed E-state index contributed by atoms with van der Waals surface area (Å²) in [5, 5.41) is 0. The van der Waals surface area contributed by atoms with E-state index in [9.17, 15) is 0 Å². The van der Waals surface area contributed by atoms with Crippen LogP contribution in [0.5, 0.6) is 0 Å². The zero-order valence-electron chi connectivity index (χ0n) is 10.5. The van der Waals surface area contributed by atoms with Gasteiger partial charge in [0.15, 0.2) is 7.98 Å². The fourth-order valence-electron chi connectivity index (χ4n) is 2.29. The van der Waals surface area contributed by atoms with Gasteiger partial charge in [0, 0.05) is 12.6 Å². The molecule has 3 heteroatoms. The summed E-state index contributed by atoms with van der Waals surface area (Å²) in [7, 11) is 6.02. The van der Waals surface area contributed by atoms with Crippen molar-refractivity contribution in [3.63, 3.8) is 0 Å². The number of morpholine rings is 1. The van der Waals surface area contributed by atoms with E-state index < -0.39 is 0 Å². The second-order valence-electron chi connectivity index (χ2n) is 5.27. The molecule has 1 rings (SSSR count). The van der Waals surface area contributed by atoms with Gasteiger partial charge in [-0.05, 0) is 11.8 Å².